The summed E-state index contributed by atoms with van der Waals surface area (Å²) in [5.74, 6) is -2.06. The first-order valence-electron chi connectivity index (χ1n) is 9.52. The Bertz CT molecular complexity index is 928. The Hall–Kier alpha value is -2.17. The van der Waals surface area contributed by atoms with Crippen LogP contribution in [0.5, 0.6) is 0 Å². The molecule has 0 bridgehead atoms. The van der Waals surface area contributed by atoms with E-state index < -0.39 is 17.8 Å². The van der Waals surface area contributed by atoms with E-state index in [1.807, 2.05) is 4.90 Å². The van der Waals surface area contributed by atoms with Crippen molar-refractivity contribution in [2.45, 2.75) is 54.1 Å². The van der Waals surface area contributed by atoms with E-state index in [1.54, 1.807) is 0 Å². The molecule has 30 heavy (non-hydrogen) atoms. The Morgan fingerprint density at radius 1 is 1.07 bits per heavy atom. The number of alkyl halides is 5. The van der Waals surface area contributed by atoms with Crippen LogP contribution < -0.4 is 10.6 Å². The second kappa shape index (κ2) is 7.51. The summed E-state index contributed by atoms with van der Waals surface area (Å²) in [6.45, 7) is 1.13. The fourth-order valence-corrected chi connectivity index (χ4v) is 5.09. The highest BCUT2D eigenvalue weighted by atomic mass is 32.2. The molecule has 1 spiro atoms. The Kier molecular flexibility index (Phi) is 5.27. The monoisotopic (exact) mass is 445 g/mol. The molecule has 3 heterocycles. The van der Waals surface area contributed by atoms with Gasteiger partial charge in [0.2, 0.25) is 5.92 Å². The van der Waals surface area contributed by atoms with Crippen molar-refractivity contribution in [1.82, 2.24) is 15.0 Å². The van der Waals surface area contributed by atoms with Gasteiger partial charge < -0.3 is 10.6 Å². The molecule has 1 saturated carbocycles. The van der Waals surface area contributed by atoms with E-state index in [0.29, 0.717) is 38.2 Å². The molecule has 11 heteroatoms. The van der Waals surface area contributed by atoms with Gasteiger partial charge in [-0.1, -0.05) is 11.8 Å². The zero-order valence-corrected chi connectivity index (χ0v) is 16.7. The lowest BCUT2D eigenvalue weighted by molar-refractivity contribution is -0.143. The minimum Gasteiger partial charge on any atom is -0.381 e. The van der Waals surface area contributed by atoms with Crippen LogP contribution in [0.4, 0.5) is 33.6 Å². The van der Waals surface area contributed by atoms with E-state index in [-0.39, 0.29) is 34.0 Å². The topological polar surface area (TPSA) is 67.9 Å². The van der Waals surface area contributed by atoms with Crippen LogP contribution >= 0.6 is 11.8 Å². The molecule has 0 aromatic carbocycles. The number of aromatic nitrogens is 3. The van der Waals surface area contributed by atoms with Crippen LogP contribution in [-0.2, 0) is 6.18 Å². The van der Waals surface area contributed by atoms with Gasteiger partial charge in [0.25, 0.3) is 0 Å². The van der Waals surface area contributed by atoms with Crippen molar-refractivity contribution in [2.75, 3.05) is 23.7 Å². The molecule has 2 fully saturated rings. The first-order valence-corrected chi connectivity index (χ1v) is 10.3. The Balaban J connectivity index is 1.46. The Morgan fingerprint density at radius 2 is 1.80 bits per heavy atom. The van der Waals surface area contributed by atoms with Crippen LogP contribution in [0.2, 0.25) is 0 Å². The van der Waals surface area contributed by atoms with Crippen molar-refractivity contribution in [3.63, 3.8) is 0 Å². The van der Waals surface area contributed by atoms with E-state index in [2.05, 4.69) is 15.0 Å². The minimum absolute atomic E-state index is 0.0159. The van der Waals surface area contributed by atoms with Crippen LogP contribution in [0.25, 0.3) is 0 Å². The van der Waals surface area contributed by atoms with Crippen molar-refractivity contribution in [1.29, 1.82) is 0 Å². The maximum atomic E-state index is 13.6. The number of rotatable bonds is 3. The fourth-order valence-electron chi connectivity index (χ4n) is 4.21. The van der Waals surface area contributed by atoms with Gasteiger partial charge in [0, 0.05) is 37.0 Å². The highest BCUT2D eigenvalue weighted by molar-refractivity contribution is 7.99. The maximum absolute atomic E-state index is 13.6. The molecule has 162 valence electrons. The molecule has 2 aliphatic rings. The van der Waals surface area contributed by atoms with Crippen molar-refractivity contribution in [3.05, 3.63) is 30.2 Å². The summed E-state index contributed by atoms with van der Waals surface area (Å²) in [4.78, 5) is 13.7. The van der Waals surface area contributed by atoms with Gasteiger partial charge in [0.15, 0.2) is 11.5 Å². The molecule has 1 aliphatic heterocycles. The van der Waals surface area contributed by atoms with Gasteiger partial charge in [-0.05, 0) is 36.8 Å². The number of nitrogens with two attached hydrogens (primary N) is 1. The first-order chi connectivity index (χ1) is 14.1. The summed E-state index contributed by atoms with van der Waals surface area (Å²) in [7, 11) is 0. The minimum atomic E-state index is -4.59. The van der Waals surface area contributed by atoms with Gasteiger partial charge in [-0.25, -0.2) is 18.7 Å². The van der Waals surface area contributed by atoms with Gasteiger partial charge in [0.1, 0.15) is 10.8 Å². The van der Waals surface area contributed by atoms with E-state index in [4.69, 9.17) is 5.73 Å². The predicted octanol–water partition coefficient (Wildman–Crippen LogP) is 5.03. The smallest absolute Gasteiger partial charge is 0.381 e. The van der Waals surface area contributed by atoms with Crippen molar-refractivity contribution >= 4 is 23.4 Å². The summed E-state index contributed by atoms with van der Waals surface area (Å²) in [5.41, 5.74) is 4.64. The number of anilines is 2. The van der Waals surface area contributed by atoms with Crippen LogP contribution in [0.15, 0.2) is 34.4 Å². The van der Waals surface area contributed by atoms with E-state index in [0.717, 1.165) is 18.0 Å². The average Bonchev–Trinajstić information content (AvgIpc) is 2.98. The summed E-state index contributed by atoms with van der Waals surface area (Å²) >= 11 is 0.755. The molecular formula is C19H20F5N5S. The van der Waals surface area contributed by atoms with Gasteiger partial charge in [-0.15, -0.1) is 0 Å². The molecule has 2 aromatic rings. The third-order valence-corrected chi connectivity index (χ3v) is 6.86. The van der Waals surface area contributed by atoms with E-state index >= 15 is 0 Å². The van der Waals surface area contributed by atoms with Crippen LogP contribution in [0.1, 0.15) is 37.8 Å². The SMILES string of the molecule is Nc1nc(N2CCC3(CC2)CCC(F)(F)C3)cnc1Sc1cccnc1C(F)(F)F. The lowest BCUT2D eigenvalue weighted by atomic mass is 9.77. The number of pyridine rings is 1. The molecule has 2 N–H and O–H groups in total. The summed E-state index contributed by atoms with van der Waals surface area (Å²) < 4.78 is 66.7. The van der Waals surface area contributed by atoms with Gasteiger partial charge >= 0.3 is 6.18 Å². The van der Waals surface area contributed by atoms with Crippen LogP contribution in [-0.4, -0.2) is 34.0 Å². The molecule has 4 rings (SSSR count). The molecule has 2 aromatic heterocycles. The van der Waals surface area contributed by atoms with Crippen molar-refractivity contribution in [3.8, 4) is 0 Å². The van der Waals surface area contributed by atoms with Crippen LogP contribution in [0.3, 0.4) is 0 Å². The predicted molar refractivity (Wildman–Crippen MR) is 102 cm³/mol. The molecule has 0 atom stereocenters. The number of halogens is 5. The molecule has 0 radical (unpaired) electrons. The molecular weight excluding hydrogens is 425 g/mol. The molecule has 1 aliphatic carbocycles. The quantitative estimate of drug-likeness (QED) is 0.669. The second-order valence-corrected chi connectivity index (χ2v) is 8.92. The fraction of sp³-hybridized carbons (Fsp3) is 0.526. The van der Waals surface area contributed by atoms with E-state index in [1.165, 1.54) is 18.3 Å². The zero-order valence-electron chi connectivity index (χ0n) is 15.9. The number of hydrogen-bond donors (Lipinski definition) is 1. The third kappa shape index (κ3) is 4.30. The molecule has 5 nitrogen and oxygen atoms in total. The number of nitrogens with zero attached hydrogens (tertiary/aromatic N) is 4. The summed E-state index contributed by atoms with van der Waals surface area (Å²) in [5, 5.41) is 0.154. The molecule has 0 amide bonds. The average molecular weight is 445 g/mol. The lowest BCUT2D eigenvalue weighted by Crippen LogP contribution is -2.40. The standard InChI is InChI=1S/C19H20F5N5S/c20-18(21)4-3-17(11-18)5-8-29(9-6-17)13-10-27-16(15(25)28-13)30-12-2-1-7-26-14(12)19(22,23)24/h1-2,7,10H,3-6,8-9,11H2,(H2,25,28). The number of piperidine rings is 1. The second-order valence-electron chi connectivity index (χ2n) is 7.89. The third-order valence-electron chi connectivity index (χ3n) is 5.80. The van der Waals surface area contributed by atoms with Gasteiger partial charge in [-0.2, -0.15) is 13.2 Å². The van der Waals surface area contributed by atoms with Crippen molar-refractivity contribution in [2.24, 2.45) is 5.41 Å². The summed E-state index contributed by atoms with van der Waals surface area (Å²) in [6, 6.07) is 2.71. The van der Waals surface area contributed by atoms with Gasteiger partial charge in [0.05, 0.1) is 6.20 Å². The zero-order chi connectivity index (χ0) is 21.6. The van der Waals surface area contributed by atoms with E-state index in [9.17, 15) is 22.0 Å². The molecule has 0 unspecified atom stereocenters. The highest BCUT2D eigenvalue weighted by Crippen LogP contribution is 2.53. The first kappa shape index (κ1) is 21.1. The number of hydrogen-bond acceptors (Lipinski definition) is 6. The lowest BCUT2D eigenvalue weighted by Gasteiger charge is -2.39. The Labute approximate surface area is 174 Å². The summed E-state index contributed by atoms with van der Waals surface area (Å²) in [6.07, 6.45) is -0.352. The highest BCUT2D eigenvalue weighted by Gasteiger charge is 2.50. The van der Waals surface area contributed by atoms with Gasteiger partial charge in [-0.3, -0.25) is 4.98 Å². The van der Waals surface area contributed by atoms with Crippen LogP contribution in [0, 0.1) is 5.41 Å². The maximum Gasteiger partial charge on any atom is 0.434 e. The molecule has 1 saturated heterocycles. The Morgan fingerprint density at radius 3 is 2.40 bits per heavy atom. The normalized spacial score (nSPS) is 20.6. The largest absolute Gasteiger partial charge is 0.434 e. The van der Waals surface area contributed by atoms with Crippen molar-refractivity contribution < 1.29 is 22.0 Å². The number of nitrogen functional groups attached to an aromatic ring is 1.